The minimum atomic E-state index is -3.84. The summed E-state index contributed by atoms with van der Waals surface area (Å²) in [7, 11) is -3.84. The Morgan fingerprint density at radius 3 is 2.39 bits per heavy atom. The van der Waals surface area contributed by atoms with Gasteiger partial charge < -0.3 is 4.74 Å². The lowest BCUT2D eigenvalue weighted by Crippen LogP contribution is -2.14. The molecule has 0 aliphatic rings. The molecular formula is C16H16FNO4S. The molecule has 0 saturated carbocycles. The number of rotatable bonds is 5. The van der Waals surface area contributed by atoms with Crippen molar-refractivity contribution in [1.29, 1.82) is 0 Å². The zero-order valence-corrected chi connectivity index (χ0v) is 13.5. The van der Waals surface area contributed by atoms with Crippen LogP contribution in [0.5, 0.6) is 0 Å². The largest absolute Gasteiger partial charge is 0.462 e. The normalized spacial score (nSPS) is 11.1. The van der Waals surface area contributed by atoms with Gasteiger partial charge in [0.1, 0.15) is 5.82 Å². The predicted molar refractivity (Wildman–Crippen MR) is 84.3 cm³/mol. The van der Waals surface area contributed by atoms with Gasteiger partial charge in [-0.3, -0.25) is 4.72 Å². The van der Waals surface area contributed by atoms with E-state index in [0.717, 1.165) is 12.1 Å². The summed E-state index contributed by atoms with van der Waals surface area (Å²) in [6.07, 6.45) is 0. The topological polar surface area (TPSA) is 72.5 Å². The van der Waals surface area contributed by atoms with Crippen molar-refractivity contribution in [3.63, 3.8) is 0 Å². The third-order valence-electron chi connectivity index (χ3n) is 3.07. The van der Waals surface area contributed by atoms with Gasteiger partial charge in [-0.2, -0.15) is 0 Å². The van der Waals surface area contributed by atoms with Gasteiger partial charge in [0.15, 0.2) is 0 Å². The Morgan fingerprint density at radius 2 is 1.83 bits per heavy atom. The van der Waals surface area contributed by atoms with Gasteiger partial charge in [-0.05, 0) is 61.9 Å². The average molecular weight is 337 g/mol. The molecule has 1 N–H and O–H groups in total. The van der Waals surface area contributed by atoms with E-state index in [1.54, 1.807) is 6.92 Å². The van der Waals surface area contributed by atoms with Crippen LogP contribution in [0.2, 0.25) is 0 Å². The van der Waals surface area contributed by atoms with Gasteiger partial charge in [0.05, 0.1) is 17.1 Å². The second-order valence-corrected chi connectivity index (χ2v) is 6.46. The van der Waals surface area contributed by atoms with E-state index >= 15 is 0 Å². The van der Waals surface area contributed by atoms with E-state index in [2.05, 4.69) is 4.72 Å². The highest BCUT2D eigenvalue weighted by molar-refractivity contribution is 7.92. The molecule has 23 heavy (non-hydrogen) atoms. The molecule has 2 aromatic carbocycles. The number of hydrogen-bond donors (Lipinski definition) is 1. The van der Waals surface area contributed by atoms with Gasteiger partial charge in [0.2, 0.25) is 0 Å². The molecule has 0 radical (unpaired) electrons. The molecule has 2 rings (SSSR count). The molecule has 122 valence electrons. The zero-order valence-electron chi connectivity index (χ0n) is 12.7. The van der Waals surface area contributed by atoms with E-state index in [1.807, 2.05) is 0 Å². The fourth-order valence-corrected chi connectivity index (χ4v) is 3.30. The second kappa shape index (κ2) is 6.78. The summed E-state index contributed by atoms with van der Waals surface area (Å²) in [6.45, 7) is 3.48. The van der Waals surface area contributed by atoms with Crippen LogP contribution in [0.1, 0.15) is 22.8 Å². The van der Waals surface area contributed by atoms with Gasteiger partial charge in [0, 0.05) is 5.69 Å². The van der Waals surface area contributed by atoms with Crippen molar-refractivity contribution in [2.24, 2.45) is 0 Å². The van der Waals surface area contributed by atoms with Crippen molar-refractivity contribution in [2.75, 3.05) is 11.3 Å². The molecule has 0 amide bonds. The first-order valence-electron chi connectivity index (χ1n) is 6.89. The van der Waals surface area contributed by atoms with Gasteiger partial charge >= 0.3 is 5.97 Å². The van der Waals surface area contributed by atoms with Crippen molar-refractivity contribution in [3.8, 4) is 0 Å². The fraction of sp³-hybridized carbons (Fsp3) is 0.188. The molecule has 2 aromatic rings. The number of halogens is 1. The molecule has 0 spiro atoms. The van der Waals surface area contributed by atoms with Crippen LogP contribution < -0.4 is 4.72 Å². The smallest absolute Gasteiger partial charge is 0.338 e. The van der Waals surface area contributed by atoms with Crippen LogP contribution in [0, 0.1) is 12.7 Å². The Bertz CT molecular complexity index is 816. The van der Waals surface area contributed by atoms with E-state index in [4.69, 9.17) is 4.74 Å². The van der Waals surface area contributed by atoms with Crippen molar-refractivity contribution in [1.82, 2.24) is 0 Å². The maximum Gasteiger partial charge on any atom is 0.338 e. The van der Waals surface area contributed by atoms with Crippen molar-refractivity contribution in [3.05, 3.63) is 59.4 Å². The highest BCUT2D eigenvalue weighted by Crippen LogP contribution is 2.20. The summed E-state index contributed by atoms with van der Waals surface area (Å²) in [6, 6.07) is 9.30. The van der Waals surface area contributed by atoms with Crippen molar-refractivity contribution >= 4 is 21.7 Å². The monoisotopic (exact) mass is 337 g/mol. The molecule has 0 unspecified atom stereocenters. The lowest BCUT2D eigenvalue weighted by atomic mass is 10.2. The van der Waals surface area contributed by atoms with E-state index in [9.17, 15) is 17.6 Å². The maximum absolute atomic E-state index is 13.1. The Balaban J connectivity index is 2.22. The third-order valence-corrected chi connectivity index (χ3v) is 4.62. The number of ether oxygens (including phenoxy) is 1. The number of nitrogens with one attached hydrogen (secondary N) is 1. The Morgan fingerprint density at radius 1 is 1.17 bits per heavy atom. The van der Waals surface area contributed by atoms with E-state index in [0.29, 0.717) is 16.8 Å². The summed E-state index contributed by atoms with van der Waals surface area (Å²) in [5, 5.41) is 0. The Hall–Kier alpha value is -2.41. The first kappa shape index (κ1) is 17.0. The molecule has 0 aliphatic heterocycles. The Labute approximate surface area is 134 Å². The zero-order chi connectivity index (χ0) is 17.0. The lowest BCUT2D eigenvalue weighted by molar-refractivity contribution is 0.0526. The number of carbonyl (C=O) groups is 1. The van der Waals surface area contributed by atoms with Gasteiger partial charge in [-0.15, -0.1) is 0 Å². The molecule has 0 fully saturated rings. The highest BCUT2D eigenvalue weighted by atomic mass is 32.2. The maximum atomic E-state index is 13.1. The van der Waals surface area contributed by atoms with Crippen molar-refractivity contribution in [2.45, 2.75) is 18.7 Å². The second-order valence-electron chi connectivity index (χ2n) is 4.81. The number of hydrogen-bond acceptors (Lipinski definition) is 4. The quantitative estimate of drug-likeness (QED) is 0.851. The lowest BCUT2D eigenvalue weighted by Gasteiger charge is -2.11. The number of esters is 1. The molecule has 0 heterocycles. The third kappa shape index (κ3) is 4.07. The first-order chi connectivity index (χ1) is 10.8. The summed E-state index contributed by atoms with van der Waals surface area (Å²) in [4.78, 5) is 11.5. The summed E-state index contributed by atoms with van der Waals surface area (Å²) < 4.78 is 45.0. The van der Waals surface area contributed by atoms with E-state index < -0.39 is 21.8 Å². The SMILES string of the molecule is CCOC(=O)c1ccc(NS(=O)(=O)c2ccc(F)cc2C)cc1. The fourth-order valence-electron chi connectivity index (χ4n) is 2.01. The van der Waals surface area contributed by atoms with Crippen molar-refractivity contribution < 1.29 is 22.3 Å². The molecule has 0 aromatic heterocycles. The van der Waals surface area contributed by atoms with Crippen LogP contribution in [-0.2, 0) is 14.8 Å². The number of carbonyl (C=O) groups excluding carboxylic acids is 1. The van der Waals surface area contributed by atoms with Crippen LogP contribution >= 0.6 is 0 Å². The minimum absolute atomic E-state index is 0.00614. The molecule has 0 bridgehead atoms. The number of aryl methyl sites for hydroxylation is 1. The molecule has 0 atom stereocenters. The van der Waals surface area contributed by atoms with E-state index in [1.165, 1.54) is 37.3 Å². The summed E-state index contributed by atoms with van der Waals surface area (Å²) in [5.41, 5.74) is 0.926. The first-order valence-corrected chi connectivity index (χ1v) is 8.38. The highest BCUT2D eigenvalue weighted by Gasteiger charge is 2.17. The van der Waals surface area contributed by atoms with Crippen LogP contribution in [0.4, 0.5) is 10.1 Å². The predicted octanol–water partition coefficient (Wildman–Crippen LogP) is 3.11. The van der Waals surface area contributed by atoms with Crippen LogP contribution in [-0.4, -0.2) is 21.0 Å². The minimum Gasteiger partial charge on any atom is -0.462 e. The average Bonchev–Trinajstić information content (AvgIpc) is 2.47. The molecule has 0 saturated heterocycles. The van der Waals surface area contributed by atoms with Crippen LogP contribution in [0.25, 0.3) is 0 Å². The van der Waals surface area contributed by atoms with Gasteiger partial charge in [-0.1, -0.05) is 0 Å². The molecular weight excluding hydrogens is 321 g/mol. The molecule has 5 nitrogen and oxygen atoms in total. The Kier molecular flexibility index (Phi) is 5.00. The molecule has 0 aliphatic carbocycles. The number of sulfonamides is 1. The number of benzene rings is 2. The molecule has 7 heteroatoms. The summed E-state index contributed by atoms with van der Waals surface area (Å²) >= 11 is 0. The van der Waals surface area contributed by atoms with Gasteiger partial charge in [0.25, 0.3) is 10.0 Å². The van der Waals surface area contributed by atoms with E-state index in [-0.39, 0.29) is 11.5 Å². The summed E-state index contributed by atoms with van der Waals surface area (Å²) in [5.74, 6) is -0.975. The van der Waals surface area contributed by atoms with Gasteiger partial charge in [-0.25, -0.2) is 17.6 Å². The number of anilines is 1. The standard InChI is InChI=1S/C16H16FNO4S/c1-3-22-16(19)12-4-7-14(8-5-12)18-23(20,21)15-9-6-13(17)10-11(15)2/h4-10,18H,3H2,1-2H3. The van der Waals surface area contributed by atoms with Crippen LogP contribution in [0.3, 0.4) is 0 Å². The van der Waals surface area contributed by atoms with Crippen LogP contribution in [0.15, 0.2) is 47.4 Å².